The second-order valence-electron chi connectivity index (χ2n) is 3.65. The third kappa shape index (κ3) is 2.30. The topological polar surface area (TPSA) is 40.7 Å². The fraction of sp³-hybridized carbons (Fsp3) is 0.700. The van der Waals surface area contributed by atoms with E-state index in [1.165, 1.54) is 19.3 Å². The fourth-order valence-corrected chi connectivity index (χ4v) is 3.25. The van der Waals surface area contributed by atoms with Crippen molar-refractivity contribution in [2.45, 2.75) is 42.6 Å². The Morgan fingerprint density at radius 3 is 3.29 bits per heavy atom. The molecule has 1 heterocycles. The van der Waals surface area contributed by atoms with Crippen LogP contribution in [-0.2, 0) is 0 Å². The van der Waals surface area contributed by atoms with Crippen LogP contribution in [0.25, 0.3) is 0 Å². The van der Waals surface area contributed by atoms with E-state index in [0.29, 0.717) is 11.3 Å². The van der Waals surface area contributed by atoms with E-state index in [9.17, 15) is 0 Å². The normalized spacial score (nSPS) is 26.9. The van der Waals surface area contributed by atoms with Gasteiger partial charge in [0.1, 0.15) is 0 Å². The predicted octanol–water partition coefficient (Wildman–Crippen LogP) is 2.03. The fourth-order valence-electron chi connectivity index (χ4n) is 2.02. The first-order chi connectivity index (χ1) is 6.90. The molecule has 0 aromatic carbocycles. The van der Waals surface area contributed by atoms with Crippen LogP contribution in [-0.4, -0.2) is 27.8 Å². The molecule has 2 N–H and O–H groups in total. The number of hydrogen-bond acceptors (Lipinski definition) is 3. The minimum absolute atomic E-state index is 0.676. The average molecular weight is 211 g/mol. The minimum atomic E-state index is 0.676. The van der Waals surface area contributed by atoms with Gasteiger partial charge >= 0.3 is 0 Å². The van der Waals surface area contributed by atoms with Gasteiger partial charge in [-0.15, -0.1) is 0 Å². The molecule has 1 saturated carbocycles. The van der Waals surface area contributed by atoms with Crippen LogP contribution in [0, 0.1) is 0 Å². The molecule has 1 aliphatic rings. The van der Waals surface area contributed by atoms with E-state index in [4.69, 9.17) is 0 Å². The summed E-state index contributed by atoms with van der Waals surface area (Å²) in [4.78, 5) is 7.40. The highest BCUT2D eigenvalue weighted by molar-refractivity contribution is 7.99. The minimum Gasteiger partial charge on any atom is -0.340 e. The average Bonchev–Trinajstić information content (AvgIpc) is 2.80. The molecule has 2 atom stereocenters. The van der Waals surface area contributed by atoms with Gasteiger partial charge in [-0.2, -0.15) is 0 Å². The molecule has 1 aromatic heterocycles. The van der Waals surface area contributed by atoms with Crippen LogP contribution in [0.5, 0.6) is 0 Å². The van der Waals surface area contributed by atoms with Crippen molar-refractivity contribution in [2.24, 2.45) is 0 Å². The van der Waals surface area contributed by atoms with Gasteiger partial charge in [-0.05, 0) is 19.4 Å². The van der Waals surface area contributed by atoms with Gasteiger partial charge in [0.15, 0.2) is 5.16 Å². The molecule has 0 bridgehead atoms. The second-order valence-corrected chi connectivity index (χ2v) is 4.87. The molecule has 1 aliphatic carbocycles. The van der Waals surface area contributed by atoms with Gasteiger partial charge in [-0.25, -0.2) is 4.98 Å². The van der Waals surface area contributed by atoms with Crippen LogP contribution < -0.4 is 5.32 Å². The Balaban J connectivity index is 1.90. The van der Waals surface area contributed by atoms with Crippen LogP contribution in [0.4, 0.5) is 0 Å². The Hall–Kier alpha value is -0.480. The number of nitrogens with one attached hydrogen (secondary N) is 2. The summed E-state index contributed by atoms with van der Waals surface area (Å²) in [6, 6.07) is 0.676. The summed E-state index contributed by atoms with van der Waals surface area (Å²) < 4.78 is 0. The number of hydrogen-bond donors (Lipinski definition) is 2. The molecule has 4 heteroatoms. The van der Waals surface area contributed by atoms with Crippen LogP contribution in [0.3, 0.4) is 0 Å². The van der Waals surface area contributed by atoms with E-state index in [-0.39, 0.29) is 0 Å². The Kier molecular flexibility index (Phi) is 3.48. The lowest BCUT2D eigenvalue weighted by molar-refractivity contribution is 0.550. The van der Waals surface area contributed by atoms with Crippen LogP contribution >= 0.6 is 11.8 Å². The van der Waals surface area contributed by atoms with Gasteiger partial charge in [-0.1, -0.05) is 25.1 Å². The summed E-state index contributed by atoms with van der Waals surface area (Å²) in [5.41, 5.74) is 0. The van der Waals surface area contributed by atoms with Crippen LogP contribution in [0.15, 0.2) is 17.6 Å². The third-order valence-electron chi connectivity index (χ3n) is 2.66. The monoisotopic (exact) mass is 211 g/mol. The van der Waals surface area contributed by atoms with Crippen LogP contribution in [0.2, 0.25) is 0 Å². The summed E-state index contributed by atoms with van der Waals surface area (Å²) >= 11 is 1.88. The first-order valence-corrected chi connectivity index (χ1v) is 6.17. The first-order valence-electron chi connectivity index (χ1n) is 5.29. The summed E-state index contributed by atoms with van der Waals surface area (Å²) in [7, 11) is 0. The van der Waals surface area contributed by atoms with Crippen molar-refractivity contribution in [1.82, 2.24) is 15.3 Å². The molecule has 1 fully saturated rings. The molecular weight excluding hydrogens is 194 g/mol. The predicted molar refractivity (Wildman–Crippen MR) is 59.5 cm³/mol. The van der Waals surface area contributed by atoms with E-state index in [1.54, 1.807) is 0 Å². The molecule has 14 heavy (non-hydrogen) atoms. The first kappa shape index (κ1) is 10.1. The molecule has 78 valence electrons. The van der Waals surface area contributed by atoms with E-state index < -0.39 is 0 Å². The van der Waals surface area contributed by atoms with Gasteiger partial charge in [-0.3, -0.25) is 0 Å². The highest BCUT2D eigenvalue weighted by Gasteiger charge is 2.27. The Morgan fingerprint density at radius 1 is 1.64 bits per heavy atom. The lowest BCUT2D eigenvalue weighted by Gasteiger charge is -2.18. The van der Waals surface area contributed by atoms with Crippen molar-refractivity contribution in [3.63, 3.8) is 0 Å². The van der Waals surface area contributed by atoms with Gasteiger partial charge in [0.05, 0.1) is 0 Å². The van der Waals surface area contributed by atoms with E-state index in [0.717, 1.165) is 11.7 Å². The number of nitrogens with zero attached hydrogens (tertiary/aromatic N) is 1. The molecule has 1 aromatic rings. The Labute approximate surface area is 89.1 Å². The summed E-state index contributed by atoms with van der Waals surface area (Å²) in [5.74, 6) is 0. The number of aromatic amines is 1. The highest BCUT2D eigenvalue weighted by Crippen LogP contribution is 2.33. The second kappa shape index (κ2) is 4.84. The molecule has 2 unspecified atom stereocenters. The van der Waals surface area contributed by atoms with Crippen molar-refractivity contribution in [1.29, 1.82) is 0 Å². The van der Waals surface area contributed by atoms with Crippen molar-refractivity contribution in [2.75, 3.05) is 6.54 Å². The molecule has 0 aliphatic heterocycles. The van der Waals surface area contributed by atoms with Gasteiger partial charge in [0, 0.05) is 23.7 Å². The molecule has 2 rings (SSSR count). The van der Waals surface area contributed by atoms with E-state index in [1.807, 2.05) is 24.2 Å². The summed E-state index contributed by atoms with van der Waals surface area (Å²) in [6.07, 6.45) is 7.67. The Morgan fingerprint density at radius 2 is 2.57 bits per heavy atom. The number of H-pyrrole nitrogens is 1. The van der Waals surface area contributed by atoms with Gasteiger partial charge in [0.25, 0.3) is 0 Å². The summed E-state index contributed by atoms with van der Waals surface area (Å²) in [6.45, 7) is 3.24. The van der Waals surface area contributed by atoms with Gasteiger partial charge in [0.2, 0.25) is 0 Å². The maximum atomic E-state index is 4.25. The molecule has 0 radical (unpaired) electrons. The molecule has 0 saturated heterocycles. The zero-order valence-electron chi connectivity index (χ0n) is 8.49. The smallest absolute Gasteiger partial charge is 0.165 e. The molecule has 0 spiro atoms. The SMILES string of the molecule is CCNC1CCCC1Sc1ncc[nH]1. The van der Waals surface area contributed by atoms with Crippen molar-refractivity contribution in [3.05, 3.63) is 12.4 Å². The lowest BCUT2D eigenvalue weighted by Crippen LogP contribution is -2.33. The zero-order valence-corrected chi connectivity index (χ0v) is 9.31. The molecular formula is C10H17N3S. The highest BCUT2D eigenvalue weighted by atomic mass is 32.2. The van der Waals surface area contributed by atoms with E-state index >= 15 is 0 Å². The maximum Gasteiger partial charge on any atom is 0.165 e. The maximum absolute atomic E-state index is 4.25. The summed E-state index contributed by atoms with van der Waals surface area (Å²) in [5, 5.41) is 5.30. The number of imidazole rings is 1. The third-order valence-corrected chi connectivity index (χ3v) is 3.97. The Bertz CT molecular complexity index is 260. The van der Waals surface area contributed by atoms with Crippen molar-refractivity contribution in [3.8, 4) is 0 Å². The molecule has 0 amide bonds. The van der Waals surface area contributed by atoms with Crippen molar-refractivity contribution >= 4 is 11.8 Å². The standard InChI is InChI=1S/C10H17N3S/c1-2-11-8-4-3-5-9(8)14-10-12-6-7-13-10/h6-9,11H,2-5H2,1H3,(H,12,13). The zero-order chi connectivity index (χ0) is 9.80. The molecule has 3 nitrogen and oxygen atoms in total. The number of thioether (sulfide) groups is 1. The van der Waals surface area contributed by atoms with Crippen molar-refractivity contribution < 1.29 is 0 Å². The van der Waals surface area contributed by atoms with Crippen LogP contribution in [0.1, 0.15) is 26.2 Å². The van der Waals surface area contributed by atoms with Gasteiger partial charge < -0.3 is 10.3 Å². The van der Waals surface area contributed by atoms with E-state index in [2.05, 4.69) is 22.2 Å². The number of rotatable bonds is 4. The lowest BCUT2D eigenvalue weighted by atomic mass is 10.2. The largest absolute Gasteiger partial charge is 0.340 e. The quantitative estimate of drug-likeness (QED) is 0.800. The number of aromatic nitrogens is 2.